The van der Waals surface area contributed by atoms with Crippen LogP contribution in [0, 0.1) is 0 Å². The molecule has 0 spiro atoms. The summed E-state index contributed by atoms with van der Waals surface area (Å²) >= 11 is 0. The number of nitrogens with two attached hydrogens (primary N) is 1. The van der Waals surface area contributed by atoms with Crippen molar-refractivity contribution in [3.8, 4) is 0 Å². The van der Waals surface area contributed by atoms with Crippen LogP contribution in [0.15, 0.2) is 24.3 Å². The maximum Gasteiger partial charge on any atom is 0.337 e. The number of benzene rings is 1. The number of carbonyl (C=O) groups excluding carboxylic acids is 1. The van der Waals surface area contributed by atoms with E-state index in [0.29, 0.717) is 5.56 Å². The van der Waals surface area contributed by atoms with E-state index in [0.717, 1.165) is 12.7 Å². The first kappa shape index (κ1) is 13.6. The molecular weight excluding hydrogens is 194 g/mol. The predicted octanol–water partition coefficient (Wildman–Crippen LogP) is 1.10. The SMILES string of the molecule is CO.COC(=O)c1ccc(C(C)N)cc1. The number of hydrogen-bond donors (Lipinski definition) is 2. The van der Waals surface area contributed by atoms with Gasteiger partial charge in [0.05, 0.1) is 12.7 Å². The molecule has 0 radical (unpaired) electrons. The number of methoxy groups -OCH3 is 1. The molecule has 0 heterocycles. The molecule has 0 aromatic heterocycles. The van der Waals surface area contributed by atoms with Crippen LogP contribution in [0.4, 0.5) is 0 Å². The average Bonchev–Trinajstić information content (AvgIpc) is 2.31. The molecule has 1 aromatic rings. The Kier molecular flexibility index (Phi) is 6.33. The van der Waals surface area contributed by atoms with Crippen LogP contribution in [0.25, 0.3) is 0 Å². The minimum atomic E-state index is -0.323. The maximum atomic E-state index is 11.0. The molecule has 0 bridgehead atoms. The Hall–Kier alpha value is -1.39. The minimum Gasteiger partial charge on any atom is -0.465 e. The fourth-order valence-electron chi connectivity index (χ4n) is 1.04. The highest BCUT2D eigenvalue weighted by molar-refractivity contribution is 5.89. The summed E-state index contributed by atoms with van der Waals surface area (Å²) in [6, 6.07) is 7.08. The van der Waals surface area contributed by atoms with Crippen LogP contribution in [0.3, 0.4) is 0 Å². The van der Waals surface area contributed by atoms with E-state index in [1.807, 2.05) is 19.1 Å². The van der Waals surface area contributed by atoms with Crippen molar-refractivity contribution in [2.75, 3.05) is 14.2 Å². The molecule has 4 nitrogen and oxygen atoms in total. The fraction of sp³-hybridized carbons (Fsp3) is 0.364. The van der Waals surface area contributed by atoms with E-state index >= 15 is 0 Å². The molecule has 0 saturated heterocycles. The summed E-state index contributed by atoms with van der Waals surface area (Å²) in [6.07, 6.45) is 0. The normalized spacial score (nSPS) is 11.0. The van der Waals surface area contributed by atoms with Gasteiger partial charge in [-0.2, -0.15) is 0 Å². The molecule has 1 rings (SSSR count). The summed E-state index contributed by atoms with van der Waals surface area (Å²) < 4.78 is 4.57. The summed E-state index contributed by atoms with van der Waals surface area (Å²) in [6.45, 7) is 1.90. The van der Waals surface area contributed by atoms with Crippen molar-refractivity contribution in [3.63, 3.8) is 0 Å². The second-order valence-corrected chi connectivity index (χ2v) is 2.90. The zero-order valence-corrected chi connectivity index (χ0v) is 9.23. The Morgan fingerprint density at radius 3 is 2.13 bits per heavy atom. The van der Waals surface area contributed by atoms with E-state index in [-0.39, 0.29) is 12.0 Å². The topological polar surface area (TPSA) is 72.5 Å². The summed E-state index contributed by atoms with van der Waals surface area (Å²) in [4.78, 5) is 11.0. The molecule has 0 amide bonds. The molecule has 0 fully saturated rings. The molecule has 3 N–H and O–H groups in total. The quantitative estimate of drug-likeness (QED) is 0.718. The van der Waals surface area contributed by atoms with Crippen molar-refractivity contribution < 1.29 is 14.6 Å². The number of aliphatic hydroxyl groups is 1. The second-order valence-electron chi connectivity index (χ2n) is 2.90. The Labute approximate surface area is 89.7 Å². The first-order chi connectivity index (χ1) is 7.15. The van der Waals surface area contributed by atoms with Gasteiger partial charge in [0.2, 0.25) is 0 Å². The van der Waals surface area contributed by atoms with Gasteiger partial charge < -0.3 is 15.6 Å². The van der Waals surface area contributed by atoms with Gasteiger partial charge in [-0.05, 0) is 24.6 Å². The molecule has 1 atom stereocenters. The molecule has 4 heteroatoms. The zero-order chi connectivity index (χ0) is 11.8. The number of esters is 1. The zero-order valence-electron chi connectivity index (χ0n) is 9.23. The van der Waals surface area contributed by atoms with Gasteiger partial charge >= 0.3 is 5.97 Å². The lowest BCUT2D eigenvalue weighted by Gasteiger charge is -2.05. The number of hydrogen-bond acceptors (Lipinski definition) is 4. The van der Waals surface area contributed by atoms with Gasteiger partial charge in [-0.3, -0.25) is 0 Å². The number of carbonyl (C=O) groups is 1. The Balaban J connectivity index is 0.000000921. The van der Waals surface area contributed by atoms with Crippen LogP contribution < -0.4 is 5.73 Å². The molecule has 0 saturated carbocycles. The van der Waals surface area contributed by atoms with Gasteiger partial charge in [0.1, 0.15) is 0 Å². The van der Waals surface area contributed by atoms with E-state index in [9.17, 15) is 4.79 Å². The average molecular weight is 211 g/mol. The molecular formula is C11H17NO3. The lowest BCUT2D eigenvalue weighted by atomic mass is 10.1. The molecule has 0 aliphatic heterocycles. The van der Waals surface area contributed by atoms with Gasteiger partial charge in [-0.1, -0.05) is 12.1 Å². The predicted molar refractivity (Wildman–Crippen MR) is 58.5 cm³/mol. The highest BCUT2D eigenvalue weighted by Crippen LogP contribution is 2.11. The summed E-state index contributed by atoms with van der Waals surface area (Å²) in [7, 11) is 2.36. The highest BCUT2D eigenvalue weighted by atomic mass is 16.5. The lowest BCUT2D eigenvalue weighted by Crippen LogP contribution is -2.06. The third kappa shape index (κ3) is 4.10. The van der Waals surface area contributed by atoms with E-state index in [4.69, 9.17) is 10.8 Å². The van der Waals surface area contributed by atoms with E-state index < -0.39 is 0 Å². The van der Waals surface area contributed by atoms with Gasteiger partial charge in [-0.25, -0.2) is 4.79 Å². The lowest BCUT2D eigenvalue weighted by molar-refractivity contribution is 0.0600. The molecule has 0 aliphatic carbocycles. The van der Waals surface area contributed by atoms with Crippen molar-refractivity contribution in [3.05, 3.63) is 35.4 Å². The first-order valence-electron chi connectivity index (χ1n) is 4.53. The van der Waals surface area contributed by atoms with Crippen molar-refractivity contribution >= 4 is 5.97 Å². The van der Waals surface area contributed by atoms with Gasteiger partial charge in [0, 0.05) is 13.2 Å². The van der Waals surface area contributed by atoms with E-state index in [1.54, 1.807) is 12.1 Å². The molecule has 1 unspecified atom stereocenters. The molecule has 0 aliphatic rings. The van der Waals surface area contributed by atoms with Crippen LogP contribution >= 0.6 is 0 Å². The van der Waals surface area contributed by atoms with Gasteiger partial charge in [0.25, 0.3) is 0 Å². The number of aliphatic hydroxyl groups excluding tert-OH is 1. The maximum absolute atomic E-state index is 11.0. The largest absolute Gasteiger partial charge is 0.465 e. The van der Waals surface area contributed by atoms with Gasteiger partial charge in [0.15, 0.2) is 0 Å². The van der Waals surface area contributed by atoms with E-state index in [2.05, 4.69) is 4.74 Å². The van der Waals surface area contributed by atoms with E-state index in [1.165, 1.54) is 7.11 Å². The summed E-state index contributed by atoms with van der Waals surface area (Å²) in [5.41, 5.74) is 7.21. The van der Waals surface area contributed by atoms with Gasteiger partial charge in [-0.15, -0.1) is 0 Å². The first-order valence-corrected chi connectivity index (χ1v) is 4.53. The Bertz CT molecular complexity index is 293. The molecule has 1 aromatic carbocycles. The Morgan fingerprint density at radius 1 is 1.33 bits per heavy atom. The summed E-state index contributed by atoms with van der Waals surface area (Å²) in [5.74, 6) is -0.323. The van der Waals surface area contributed by atoms with Crippen LogP contribution in [0.5, 0.6) is 0 Å². The Morgan fingerprint density at radius 2 is 1.80 bits per heavy atom. The molecule has 15 heavy (non-hydrogen) atoms. The van der Waals surface area contributed by atoms with Crippen LogP contribution in [0.1, 0.15) is 28.9 Å². The summed E-state index contributed by atoms with van der Waals surface area (Å²) in [5, 5.41) is 7.00. The van der Waals surface area contributed by atoms with Crippen LogP contribution in [-0.2, 0) is 4.74 Å². The second kappa shape index (κ2) is 6.98. The third-order valence-electron chi connectivity index (χ3n) is 1.86. The fourth-order valence-corrected chi connectivity index (χ4v) is 1.04. The van der Waals surface area contributed by atoms with Crippen molar-refractivity contribution in [2.24, 2.45) is 5.73 Å². The van der Waals surface area contributed by atoms with Crippen molar-refractivity contribution in [2.45, 2.75) is 13.0 Å². The molecule has 84 valence electrons. The number of ether oxygens (including phenoxy) is 1. The monoisotopic (exact) mass is 211 g/mol. The number of rotatable bonds is 2. The van der Waals surface area contributed by atoms with Crippen molar-refractivity contribution in [1.29, 1.82) is 0 Å². The van der Waals surface area contributed by atoms with Crippen LogP contribution in [0.2, 0.25) is 0 Å². The smallest absolute Gasteiger partial charge is 0.337 e. The highest BCUT2D eigenvalue weighted by Gasteiger charge is 2.05. The van der Waals surface area contributed by atoms with Crippen LogP contribution in [-0.4, -0.2) is 25.3 Å². The minimum absolute atomic E-state index is 0.00769. The van der Waals surface area contributed by atoms with Crippen molar-refractivity contribution in [1.82, 2.24) is 0 Å². The standard InChI is InChI=1S/C10H13NO2.CH4O/c1-7(11)8-3-5-9(6-4-8)10(12)13-2;1-2/h3-7H,11H2,1-2H3;2H,1H3. The third-order valence-corrected chi connectivity index (χ3v) is 1.86.